The number of thiazole rings is 1. The van der Waals surface area contributed by atoms with Crippen LogP contribution < -0.4 is 5.32 Å². The van der Waals surface area contributed by atoms with Gasteiger partial charge in [0.15, 0.2) is 10.9 Å². The van der Waals surface area contributed by atoms with E-state index in [1.807, 2.05) is 37.4 Å². The van der Waals surface area contributed by atoms with Gasteiger partial charge in [0, 0.05) is 45.2 Å². The molecule has 1 amide bonds. The Morgan fingerprint density at radius 2 is 1.97 bits per heavy atom. The van der Waals surface area contributed by atoms with Crippen LogP contribution in [0.3, 0.4) is 0 Å². The maximum absolute atomic E-state index is 12.8. The molecule has 0 fully saturated rings. The molecule has 0 saturated heterocycles. The maximum Gasteiger partial charge on any atom is 0.274 e. The molecule has 0 atom stereocenters. The number of hydrogen-bond acceptors (Lipinski definition) is 4. The first-order valence-electron chi connectivity index (χ1n) is 9.62. The van der Waals surface area contributed by atoms with E-state index in [-0.39, 0.29) is 11.7 Å². The molecule has 3 N–H and O–H groups in total. The van der Waals surface area contributed by atoms with Gasteiger partial charge in [-0.2, -0.15) is 0 Å². The van der Waals surface area contributed by atoms with Crippen LogP contribution in [-0.4, -0.2) is 26.6 Å². The zero-order valence-electron chi connectivity index (χ0n) is 16.2. The smallest absolute Gasteiger partial charge is 0.274 e. The van der Waals surface area contributed by atoms with Crippen LogP contribution in [-0.2, 0) is 6.42 Å². The van der Waals surface area contributed by atoms with Crippen LogP contribution in [0.5, 0.6) is 0 Å². The molecule has 1 aliphatic carbocycles. The molecular weight excluding hydrogens is 384 g/mol. The standard InChI is InChI=1S/C22H20N4O2S/c1-11-18-15(8-5-9-17(18)27)24-20(11)21(28)26-22-25-16(10-29-22)19-12(2)23-14-7-4-3-6-13(14)19/h3-4,6-7,10,23-24H,5,8-9H2,1-2H3,(H,25,26,28). The monoisotopic (exact) mass is 404 g/mol. The summed E-state index contributed by atoms with van der Waals surface area (Å²) in [5.74, 6) is -0.147. The zero-order valence-corrected chi connectivity index (χ0v) is 17.0. The van der Waals surface area contributed by atoms with E-state index < -0.39 is 0 Å². The molecule has 6 nitrogen and oxygen atoms in total. The number of para-hydroxylation sites is 1. The zero-order chi connectivity index (χ0) is 20.1. The number of fused-ring (bicyclic) bond motifs is 2. The second-order valence-electron chi connectivity index (χ2n) is 7.42. The topological polar surface area (TPSA) is 90.6 Å². The summed E-state index contributed by atoms with van der Waals surface area (Å²) in [5.41, 5.74) is 6.73. The van der Waals surface area contributed by atoms with E-state index >= 15 is 0 Å². The summed E-state index contributed by atoms with van der Waals surface area (Å²) in [4.78, 5) is 36.2. The molecule has 4 aromatic rings. The molecule has 0 spiro atoms. The molecule has 29 heavy (non-hydrogen) atoms. The average molecular weight is 404 g/mol. The van der Waals surface area contributed by atoms with Crippen LogP contribution in [0.1, 0.15) is 50.6 Å². The Morgan fingerprint density at radius 1 is 1.14 bits per heavy atom. The number of nitrogens with one attached hydrogen (secondary N) is 3. The van der Waals surface area contributed by atoms with Gasteiger partial charge in [0.2, 0.25) is 0 Å². The first-order chi connectivity index (χ1) is 14.0. The number of amides is 1. The highest BCUT2D eigenvalue weighted by atomic mass is 32.1. The fourth-order valence-electron chi connectivity index (χ4n) is 4.21. The number of hydrogen-bond donors (Lipinski definition) is 3. The van der Waals surface area contributed by atoms with Crippen LogP contribution >= 0.6 is 11.3 Å². The number of rotatable bonds is 3. The predicted molar refractivity (Wildman–Crippen MR) is 115 cm³/mol. The summed E-state index contributed by atoms with van der Waals surface area (Å²) in [7, 11) is 0. The Hall–Kier alpha value is -3.19. The molecule has 1 aromatic carbocycles. The van der Waals surface area contributed by atoms with E-state index in [4.69, 9.17) is 0 Å². The number of carbonyl (C=O) groups excluding carboxylic acids is 2. The van der Waals surface area contributed by atoms with Crippen LogP contribution in [0.25, 0.3) is 22.2 Å². The number of benzene rings is 1. The number of nitrogens with zero attached hydrogens (tertiary/aromatic N) is 1. The number of aromatic nitrogens is 3. The Kier molecular flexibility index (Phi) is 4.13. The van der Waals surface area contributed by atoms with E-state index in [0.717, 1.165) is 52.0 Å². The number of Topliss-reactive ketones (excluding diaryl/α,β-unsaturated/α-hetero) is 1. The van der Waals surface area contributed by atoms with Gasteiger partial charge in [0.05, 0.1) is 5.69 Å². The Morgan fingerprint density at radius 3 is 2.79 bits per heavy atom. The summed E-state index contributed by atoms with van der Waals surface area (Å²) in [6, 6.07) is 8.11. The van der Waals surface area contributed by atoms with Gasteiger partial charge < -0.3 is 9.97 Å². The molecule has 7 heteroatoms. The van der Waals surface area contributed by atoms with Crippen molar-refractivity contribution in [1.29, 1.82) is 0 Å². The second-order valence-corrected chi connectivity index (χ2v) is 8.28. The van der Waals surface area contributed by atoms with Gasteiger partial charge in [0.25, 0.3) is 5.91 Å². The van der Waals surface area contributed by atoms with Crippen LogP contribution in [0.15, 0.2) is 29.6 Å². The lowest BCUT2D eigenvalue weighted by molar-refractivity contribution is 0.0971. The number of anilines is 1. The van der Waals surface area contributed by atoms with Crippen molar-refractivity contribution in [2.45, 2.75) is 33.1 Å². The number of aromatic amines is 2. The van der Waals surface area contributed by atoms with E-state index in [1.165, 1.54) is 11.3 Å². The lowest BCUT2D eigenvalue weighted by Crippen LogP contribution is -2.13. The molecule has 0 bridgehead atoms. The van der Waals surface area contributed by atoms with Gasteiger partial charge in [-0.05, 0) is 38.3 Å². The minimum atomic E-state index is -0.263. The molecule has 3 heterocycles. The highest BCUT2D eigenvalue weighted by Gasteiger charge is 2.26. The molecule has 0 aliphatic heterocycles. The molecule has 0 unspecified atom stereocenters. The van der Waals surface area contributed by atoms with Gasteiger partial charge in [-0.15, -0.1) is 11.3 Å². The summed E-state index contributed by atoms with van der Waals surface area (Å²) >= 11 is 1.39. The third-order valence-corrected chi connectivity index (χ3v) is 6.30. The number of ketones is 1. The van der Waals surface area contributed by atoms with Crippen molar-refractivity contribution in [2.75, 3.05) is 5.32 Å². The minimum Gasteiger partial charge on any atom is -0.358 e. The molecule has 5 rings (SSSR count). The van der Waals surface area contributed by atoms with Crippen molar-refractivity contribution in [3.05, 3.63) is 57.9 Å². The fraction of sp³-hybridized carbons (Fsp3) is 0.227. The van der Waals surface area contributed by atoms with Crippen molar-refractivity contribution in [3.63, 3.8) is 0 Å². The molecular formula is C22H20N4O2S. The first kappa shape index (κ1) is 17.9. The van der Waals surface area contributed by atoms with Gasteiger partial charge in [-0.3, -0.25) is 14.9 Å². The molecule has 1 aliphatic rings. The number of aryl methyl sites for hydroxylation is 2. The van der Waals surface area contributed by atoms with Crippen molar-refractivity contribution in [2.24, 2.45) is 0 Å². The second kappa shape index (κ2) is 6.70. The van der Waals surface area contributed by atoms with Crippen LogP contribution in [0.4, 0.5) is 5.13 Å². The van der Waals surface area contributed by atoms with Crippen LogP contribution in [0.2, 0.25) is 0 Å². The molecule has 0 radical (unpaired) electrons. The summed E-state index contributed by atoms with van der Waals surface area (Å²) in [5, 5.41) is 6.49. The maximum atomic E-state index is 12.8. The van der Waals surface area contributed by atoms with Gasteiger partial charge in [-0.25, -0.2) is 4.98 Å². The third-order valence-electron chi connectivity index (χ3n) is 5.54. The van der Waals surface area contributed by atoms with Gasteiger partial charge in [-0.1, -0.05) is 18.2 Å². The first-order valence-corrected chi connectivity index (χ1v) is 10.5. The van der Waals surface area contributed by atoms with Crippen molar-refractivity contribution in [1.82, 2.24) is 15.0 Å². The van der Waals surface area contributed by atoms with Crippen molar-refractivity contribution >= 4 is 39.1 Å². The Balaban J connectivity index is 1.44. The van der Waals surface area contributed by atoms with E-state index in [9.17, 15) is 9.59 Å². The summed E-state index contributed by atoms with van der Waals surface area (Å²) < 4.78 is 0. The number of H-pyrrole nitrogens is 2. The quantitative estimate of drug-likeness (QED) is 0.448. The summed E-state index contributed by atoms with van der Waals surface area (Å²) in [6.45, 7) is 3.85. The highest BCUT2D eigenvalue weighted by Crippen LogP contribution is 2.34. The average Bonchev–Trinajstić information content (AvgIpc) is 3.37. The predicted octanol–water partition coefficient (Wildman–Crippen LogP) is 5.01. The van der Waals surface area contributed by atoms with Crippen molar-refractivity contribution in [3.8, 4) is 11.3 Å². The van der Waals surface area contributed by atoms with E-state index in [2.05, 4.69) is 26.3 Å². The summed E-state index contributed by atoms with van der Waals surface area (Å²) in [6.07, 6.45) is 2.18. The minimum absolute atomic E-state index is 0.116. The Labute approximate surface area is 171 Å². The van der Waals surface area contributed by atoms with E-state index in [1.54, 1.807) is 0 Å². The molecule has 0 saturated carbocycles. The fourth-order valence-corrected chi connectivity index (χ4v) is 4.91. The molecule has 3 aromatic heterocycles. The van der Waals surface area contributed by atoms with Crippen LogP contribution in [0, 0.1) is 13.8 Å². The van der Waals surface area contributed by atoms with Gasteiger partial charge in [0.1, 0.15) is 5.69 Å². The highest BCUT2D eigenvalue weighted by molar-refractivity contribution is 7.14. The molecule has 146 valence electrons. The SMILES string of the molecule is Cc1[nH]c2ccccc2c1-c1csc(NC(=O)c2[nH]c3c(c2C)C(=O)CCC3)n1. The number of carbonyl (C=O) groups is 2. The lowest BCUT2D eigenvalue weighted by atomic mass is 9.94. The Bertz CT molecular complexity index is 1280. The third kappa shape index (κ3) is 2.89. The normalized spacial score (nSPS) is 13.7. The van der Waals surface area contributed by atoms with E-state index in [0.29, 0.717) is 22.8 Å². The van der Waals surface area contributed by atoms with Crippen molar-refractivity contribution < 1.29 is 9.59 Å². The lowest BCUT2D eigenvalue weighted by Gasteiger charge is -2.09. The largest absolute Gasteiger partial charge is 0.358 e. The van der Waals surface area contributed by atoms with Gasteiger partial charge >= 0.3 is 0 Å².